The Morgan fingerprint density at radius 2 is 1.93 bits per heavy atom. The highest BCUT2D eigenvalue weighted by Crippen LogP contribution is 2.33. The van der Waals surface area contributed by atoms with Crippen LogP contribution in [0.25, 0.3) is 16.8 Å². The molecule has 1 aliphatic rings. The third-order valence-electron chi connectivity index (χ3n) is 4.58. The largest absolute Gasteiger partial charge is 0.486 e. The highest BCUT2D eigenvalue weighted by Gasteiger charge is 2.12. The van der Waals surface area contributed by atoms with Crippen LogP contribution in [0.4, 0.5) is 5.69 Å². The van der Waals surface area contributed by atoms with Crippen LogP contribution in [0.5, 0.6) is 11.5 Å². The summed E-state index contributed by atoms with van der Waals surface area (Å²) < 4.78 is 11.1. The lowest BCUT2D eigenvalue weighted by Crippen LogP contribution is -2.15. The second-order valence-corrected chi connectivity index (χ2v) is 7.37. The minimum absolute atomic E-state index is 0.481. The van der Waals surface area contributed by atoms with Gasteiger partial charge in [-0.3, -0.25) is 0 Å². The summed E-state index contributed by atoms with van der Waals surface area (Å²) in [6, 6.07) is 14.1. The molecule has 1 N–H and O–H groups in total. The van der Waals surface area contributed by atoms with Crippen LogP contribution in [0.1, 0.15) is 16.1 Å². The normalized spacial score (nSPS) is 13.1. The van der Waals surface area contributed by atoms with Gasteiger partial charge in [0, 0.05) is 28.9 Å². The van der Waals surface area contributed by atoms with Crippen molar-refractivity contribution in [3.63, 3.8) is 0 Å². The second-order valence-electron chi connectivity index (χ2n) is 6.51. The SMILES string of the molecule is Cc1ccc(-c2csc(C(C#N)=CNc3ccc4c(c3)OCCO4)n2)cc1C. The molecule has 1 aliphatic heterocycles. The molecule has 5 nitrogen and oxygen atoms in total. The molecule has 0 saturated heterocycles. The fourth-order valence-corrected chi connectivity index (χ4v) is 3.66. The molecular formula is C22H19N3O2S. The number of nitrogens with zero attached hydrogens (tertiary/aromatic N) is 2. The van der Waals surface area contributed by atoms with Crippen molar-refractivity contribution in [2.24, 2.45) is 0 Å². The van der Waals surface area contributed by atoms with Crippen LogP contribution in [0.15, 0.2) is 48.0 Å². The van der Waals surface area contributed by atoms with E-state index in [0.717, 1.165) is 22.7 Å². The van der Waals surface area contributed by atoms with Crippen LogP contribution in [0.2, 0.25) is 0 Å². The van der Waals surface area contributed by atoms with E-state index in [1.807, 2.05) is 23.6 Å². The van der Waals surface area contributed by atoms with Crippen molar-refractivity contribution in [3.8, 4) is 28.8 Å². The summed E-state index contributed by atoms with van der Waals surface area (Å²) in [5.41, 5.74) is 5.72. The smallest absolute Gasteiger partial charge is 0.163 e. The van der Waals surface area contributed by atoms with Crippen LogP contribution in [0, 0.1) is 25.2 Å². The minimum atomic E-state index is 0.481. The van der Waals surface area contributed by atoms with Crippen LogP contribution in [-0.4, -0.2) is 18.2 Å². The molecule has 0 atom stereocenters. The van der Waals surface area contributed by atoms with E-state index in [0.29, 0.717) is 29.5 Å². The number of thiazole rings is 1. The Balaban J connectivity index is 1.55. The van der Waals surface area contributed by atoms with Crippen LogP contribution in [0.3, 0.4) is 0 Å². The molecule has 0 radical (unpaired) electrons. The number of aryl methyl sites for hydroxylation is 2. The molecule has 2 aromatic carbocycles. The van der Waals surface area contributed by atoms with Gasteiger partial charge in [0.05, 0.1) is 5.69 Å². The van der Waals surface area contributed by atoms with Crippen molar-refractivity contribution in [1.29, 1.82) is 5.26 Å². The molecule has 6 heteroatoms. The maximum Gasteiger partial charge on any atom is 0.163 e. The maximum absolute atomic E-state index is 9.57. The number of ether oxygens (including phenoxy) is 2. The fourth-order valence-electron chi connectivity index (χ4n) is 2.86. The molecule has 0 fully saturated rings. The molecule has 28 heavy (non-hydrogen) atoms. The van der Waals surface area contributed by atoms with E-state index in [1.165, 1.54) is 22.5 Å². The van der Waals surface area contributed by atoms with E-state index in [2.05, 4.69) is 48.4 Å². The zero-order chi connectivity index (χ0) is 19.5. The number of hydrogen-bond donors (Lipinski definition) is 1. The van der Waals surface area contributed by atoms with E-state index >= 15 is 0 Å². The summed E-state index contributed by atoms with van der Waals surface area (Å²) in [5.74, 6) is 1.44. The number of hydrogen-bond acceptors (Lipinski definition) is 6. The molecule has 1 aromatic heterocycles. The highest BCUT2D eigenvalue weighted by molar-refractivity contribution is 7.11. The van der Waals surface area contributed by atoms with E-state index in [-0.39, 0.29) is 0 Å². The molecule has 2 heterocycles. The lowest BCUT2D eigenvalue weighted by atomic mass is 10.1. The summed E-state index contributed by atoms with van der Waals surface area (Å²) in [5, 5.41) is 15.4. The molecule has 4 rings (SSSR count). The molecule has 0 aliphatic carbocycles. The minimum Gasteiger partial charge on any atom is -0.486 e. The Kier molecular flexibility index (Phi) is 5.00. The summed E-state index contributed by atoms with van der Waals surface area (Å²) in [6.07, 6.45) is 1.68. The van der Waals surface area contributed by atoms with Crippen molar-refractivity contribution in [3.05, 3.63) is 64.1 Å². The predicted molar refractivity (Wildman–Crippen MR) is 112 cm³/mol. The Labute approximate surface area is 167 Å². The fraction of sp³-hybridized carbons (Fsp3) is 0.182. The van der Waals surface area contributed by atoms with E-state index < -0.39 is 0 Å². The zero-order valence-electron chi connectivity index (χ0n) is 15.7. The van der Waals surface area contributed by atoms with Crippen LogP contribution in [-0.2, 0) is 0 Å². The van der Waals surface area contributed by atoms with Crippen molar-refractivity contribution in [1.82, 2.24) is 4.98 Å². The van der Waals surface area contributed by atoms with Gasteiger partial charge in [-0.2, -0.15) is 5.26 Å². The summed E-state index contributed by atoms with van der Waals surface area (Å²) >= 11 is 1.46. The Bertz CT molecular complexity index is 1100. The summed E-state index contributed by atoms with van der Waals surface area (Å²) in [6.45, 7) is 5.27. The lowest BCUT2D eigenvalue weighted by Gasteiger charge is -2.18. The van der Waals surface area contributed by atoms with Gasteiger partial charge in [0.1, 0.15) is 29.9 Å². The summed E-state index contributed by atoms with van der Waals surface area (Å²) in [7, 11) is 0. The van der Waals surface area contributed by atoms with Gasteiger partial charge >= 0.3 is 0 Å². The van der Waals surface area contributed by atoms with Gasteiger partial charge in [0.15, 0.2) is 11.5 Å². The number of nitrogens with one attached hydrogen (secondary N) is 1. The molecule has 0 bridgehead atoms. The highest BCUT2D eigenvalue weighted by atomic mass is 32.1. The van der Waals surface area contributed by atoms with Gasteiger partial charge in [-0.05, 0) is 43.2 Å². The van der Waals surface area contributed by atoms with Crippen molar-refractivity contribution in [2.45, 2.75) is 13.8 Å². The average Bonchev–Trinajstić information content (AvgIpc) is 3.20. The van der Waals surface area contributed by atoms with Gasteiger partial charge < -0.3 is 14.8 Å². The third kappa shape index (κ3) is 3.71. The van der Waals surface area contributed by atoms with Crippen molar-refractivity contribution < 1.29 is 9.47 Å². The first-order valence-electron chi connectivity index (χ1n) is 8.94. The quantitative estimate of drug-likeness (QED) is 0.623. The van der Waals surface area contributed by atoms with Gasteiger partial charge in [-0.25, -0.2) is 4.98 Å². The zero-order valence-corrected chi connectivity index (χ0v) is 16.5. The molecule has 0 amide bonds. The Hall–Kier alpha value is -3.30. The number of allylic oxidation sites excluding steroid dienone is 1. The summed E-state index contributed by atoms with van der Waals surface area (Å²) in [4.78, 5) is 4.65. The number of fused-ring (bicyclic) bond motifs is 1. The average molecular weight is 389 g/mol. The first-order valence-corrected chi connectivity index (χ1v) is 9.82. The lowest BCUT2D eigenvalue weighted by molar-refractivity contribution is 0.171. The molecule has 140 valence electrons. The number of anilines is 1. The van der Waals surface area contributed by atoms with Crippen molar-refractivity contribution >= 4 is 22.6 Å². The second kappa shape index (κ2) is 7.75. The standard InChI is InChI=1S/C22H19N3O2S/c1-14-3-4-16(9-15(14)2)19-13-28-22(25-19)17(11-23)12-24-18-5-6-20-21(10-18)27-8-7-26-20/h3-6,9-10,12-13,24H,7-8H2,1-2H3. The van der Waals surface area contributed by atoms with Crippen molar-refractivity contribution in [2.75, 3.05) is 18.5 Å². The third-order valence-corrected chi connectivity index (χ3v) is 5.46. The molecular weight excluding hydrogens is 370 g/mol. The van der Waals surface area contributed by atoms with Gasteiger partial charge in [0.25, 0.3) is 0 Å². The van der Waals surface area contributed by atoms with Gasteiger partial charge in [-0.1, -0.05) is 12.1 Å². The number of aromatic nitrogens is 1. The first kappa shape index (κ1) is 18.1. The van der Waals surface area contributed by atoms with Gasteiger partial charge in [-0.15, -0.1) is 11.3 Å². The van der Waals surface area contributed by atoms with Crippen LogP contribution >= 0.6 is 11.3 Å². The topological polar surface area (TPSA) is 67.2 Å². The number of nitriles is 1. The van der Waals surface area contributed by atoms with E-state index in [1.54, 1.807) is 6.20 Å². The molecule has 0 unspecified atom stereocenters. The monoisotopic (exact) mass is 389 g/mol. The number of benzene rings is 2. The molecule has 3 aromatic rings. The van der Waals surface area contributed by atoms with E-state index in [9.17, 15) is 5.26 Å². The molecule has 0 spiro atoms. The Morgan fingerprint density at radius 1 is 1.11 bits per heavy atom. The van der Waals surface area contributed by atoms with Crippen LogP contribution < -0.4 is 14.8 Å². The van der Waals surface area contributed by atoms with Gasteiger partial charge in [0.2, 0.25) is 0 Å². The maximum atomic E-state index is 9.57. The van der Waals surface area contributed by atoms with E-state index in [4.69, 9.17) is 9.47 Å². The first-order chi connectivity index (χ1) is 13.6. The molecule has 0 saturated carbocycles. The predicted octanol–water partition coefficient (Wildman–Crippen LogP) is 5.17. The Morgan fingerprint density at radius 3 is 2.71 bits per heavy atom. The number of rotatable bonds is 4.